The van der Waals surface area contributed by atoms with Crippen molar-refractivity contribution in [3.05, 3.63) is 41.7 Å². The van der Waals surface area contributed by atoms with Gasteiger partial charge in [-0.1, -0.05) is 0 Å². The Morgan fingerprint density at radius 1 is 1.42 bits per heavy atom. The average molecular weight is 163 g/mol. The second-order valence-electron chi connectivity index (χ2n) is 2.17. The Bertz CT molecular complexity index is 335. The molecule has 1 N–H and O–H groups in total. The molecule has 0 fully saturated rings. The predicted octanol–water partition coefficient (Wildman–Crippen LogP) is 2.25. The van der Waals surface area contributed by atoms with Gasteiger partial charge in [-0.3, -0.25) is 0 Å². The van der Waals surface area contributed by atoms with Crippen LogP contribution in [0.5, 0.6) is 0 Å². The molecule has 0 unspecified atom stereocenters. The molecule has 3 heteroatoms. The van der Waals surface area contributed by atoms with Gasteiger partial charge in [-0.05, 0) is 24.3 Å². The summed E-state index contributed by atoms with van der Waals surface area (Å²) in [5.74, 6) is -0.527. The van der Waals surface area contributed by atoms with Crippen molar-refractivity contribution in [1.29, 1.82) is 5.26 Å². The molecule has 1 aromatic carbocycles. The standard InChI is InChI=1S/C9H6FNO/c10-8-3-1-7(2-4-8)9(12)5-6-11/h1-5,12H/b9-5+. The third kappa shape index (κ3) is 1.83. The maximum atomic E-state index is 12.4. The highest BCUT2D eigenvalue weighted by atomic mass is 19.1. The van der Waals surface area contributed by atoms with Crippen LogP contribution in [0.15, 0.2) is 30.3 Å². The molecule has 2 nitrogen and oxygen atoms in total. The molecule has 1 aromatic rings. The quantitative estimate of drug-likeness (QED) is 0.509. The van der Waals surface area contributed by atoms with Crippen LogP contribution < -0.4 is 0 Å². The molecule has 0 radical (unpaired) electrons. The Kier molecular flexibility index (Phi) is 2.44. The summed E-state index contributed by atoms with van der Waals surface area (Å²) in [4.78, 5) is 0. The minimum atomic E-state index is -0.372. The molecular weight excluding hydrogens is 157 g/mol. The van der Waals surface area contributed by atoms with Crippen LogP contribution in [0.2, 0.25) is 0 Å². The number of allylic oxidation sites excluding steroid dienone is 1. The molecular formula is C9H6FNO. The van der Waals surface area contributed by atoms with E-state index in [1.807, 2.05) is 0 Å². The van der Waals surface area contributed by atoms with E-state index in [-0.39, 0.29) is 11.6 Å². The van der Waals surface area contributed by atoms with Crippen molar-refractivity contribution in [1.82, 2.24) is 0 Å². The van der Waals surface area contributed by atoms with Gasteiger partial charge in [-0.2, -0.15) is 5.26 Å². The van der Waals surface area contributed by atoms with E-state index in [1.165, 1.54) is 24.3 Å². The SMILES string of the molecule is N#C/C=C(/O)c1ccc(F)cc1. The van der Waals surface area contributed by atoms with Crippen molar-refractivity contribution in [3.8, 4) is 6.07 Å². The number of hydrogen-bond acceptors (Lipinski definition) is 2. The van der Waals surface area contributed by atoms with Gasteiger partial charge in [0, 0.05) is 5.56 Å². The summed E-state index contributed by atoms with van der Waals surface area (Å²) in [5.41, 5.74) is 0.429. The second-order valence-corrected chi connectivity index (χ2v) is 2.17. The molecule has 0 saturated carbocycles. The predicted molar refractivity (Wildman–Crippen MR) is 42.6 cm³/mol. The number of aliphatic hydroxyl groups excluding tert-OH is 1. The molecule has 0 spiro atoms. The number of nitriles is 1. The van der Waals surface area contributed by atoms with Crippen molar-refractivity contribution in [2.75, 3.05) is 0 Å². The Balaban J connectivity index is 2.99. The van der Waals surface area contributed by atoms with Crippen molar-refractivity contribution in [2.45, 2.75) is 0 Å². The van der Waals surface area contributed by atoms with Crippen LogP contribution in [0.3, 0.4) is 0 Å². The molecule has 0 bridgehead atoms. The molecule has 0 heterocycles. The van der Waals surface area contributed by atoms with Gasteiger partial charge in [0.25, 0.3) is 0 Å². The zero-order valence-corrected chi connectivity index (χ0v) is 6.16. The van der Waals surface area contributed by atoms with Gasteiger partial charge >= 0.3 is 0 Å². The highest BCUT2D eigenvalue weighted by molar-refractivity contribution is 5.60. The Morgan fingerprint density at radius 2 is 2.00 bits per heavy atom. The fourth-order valence-electron chi connectivity index (χ4n) is 0.765. The van der Waals surface area contributed by atoms with E-state index in [0.29, 0.717) is 5.56 Å². The summed E-state index contributed by atoms with van der Waals surface area (Å²) in [6.07, 6.45) is 0.993. The minimum Gasteiger partial charge on any atom is -0.507 e. The monoisotopic (exact) mass is 163 g/mol. The molecule has 0 atom stereocenters. The lowest BCUT2D eigenvalue weighted by atomic mass is 10.2. The van der Waals surface area contributed by atoms with E-state index in [2.05, 4.69) is 0 Å². The van der Waals surface area contributed by atoms with Gasteiger partial charge in [0.2, 0.25) is 0 Å². The molecule has 1 rings (SSSR count). The number of rotatable bonds is 1. The van der Waals surface area contributed by atoms with Gasteiger partial charge in [-0.25, -0.2) is 4.39 Å². The lowest BCUT2D eigenvalue weighted by molar-refractivity contribution is 0.512. The normalized spacial score (nSPS) is 10.8. The third-order valence-electron chi connectivity index (χ3n) is 1.34. The summed E-state index contributed by atoms with van der Waals surface area (Å²) >= 11 is 0. The molecule has 0 amide bonds. The number of aliphatic hydroxyl groups is 1. The number of nitrogens with zero attached hydrogens (tertiary/aromatic N) is 1. The van der Waals surface area contributed by atoms with E-state index in [4.69, 9.17) is 10.4 Å². The summed E-state index contributed by atoms with van der Waals surface area (Å²) in [6, 6.07) is 6.92. The van der Waals surface area contributed by atoms with E-state index in [1.54, 1.807) is 6.07 Å². The van der Waals surface area contributed by atoms with Gasteiger partial charge in [0.15, 0.2) is 0 Å². The third-order valence-corrected chi connectivity index (χ3v) is 1.34. The molecule has 0 aromatic heterocycles. The van der Waals surface area contributed by atoms with Crippen LogP contribution in [0.4, 0.5) is 4.39 Å². The smallest absolute Gasteiger partial charge is 0.133 e. The lowest BCUT2D eigenvalue weighted by Gasteiger charge is -1.96. The van der Waals surface area contributed by atoms with E-state index in [0.717, 1.165) is 6.08 Å². The summed E-state index contributed by atoms with van der Waals surface area (Å²) < 4.78 is 12.4. The number of benzene rings is 1. The van der Waals surface area contributed by atoms with Gasteiger partial charge in [0.05, 0.1) is 12.1 Å². The number of halogens is 1. The summed E-state index contributed by atoms with van der Waals surface area (Å²) in [5, 5.41) is 17.3. The van der Waals surface area contributed by atoms with E-state index >= 15 is 0 Å². The summed E-state index contributed by atoms with van der Waals surface area (Å²) in [7, 11) is 0. The zero-order valence-electron chi connectivity index (χ0n) is 6.16. The Morgan fingerprint density at radius 3 is 2.50 bits per heavy atom. The minimum absolute atomic E-state index is 0.155. The molecule has 0 aliphatic heterocycles. The lowest BCUT2D eigenvalue weighted by Crippen LogP contribution is -1.82. The molecule has 0 saturated heterocycles. The molecule has 60 valence electrons. The first-order chi connectivity index (χ1) is 5.74. The summed E-state index contributed by atoms with van der Waals surface area (Å²) in [6.45, 7) is 0. The van der Waals surface area contributed by atoms with Gasteiger partial charge in [-0.15, -0.1) is 0 Å². The zero-order chi connectivity index (χ0) is 8.97. The topological polar surface area (TPSA) is 44.0 Å². The maximum absolute atomic E-state index is 12.4. The largest absolute Gasteiger partial charge is 0.507 e. The van der Waals surface area contributed by atoms with Crippen LogP contribution in [0.25, 0.3) is 5.76 Å². The number of hydrogen-bond donors (Lipinski definition) is 1. The van der Waals surface area contributed by atoms with Crippen LogP contribution in [0.1, 0.15) is 5.56 Å². The van der Waals surface area contributed by atoms with Crippen molar-refractivity contribution >= 4 is 5.76 Å². The highest BCUT2D eigenvalue weighted by Crippen LogP contribution is 2.10. The molecule has 0 aliphatic carbocycles. The van der Waals surface area contributed by atoms with Crippen LogP contribution in [-0.4, -0.2) is 5.11 Å². The molecule has 0 aliphatic rings. The van der Waals surface area contributed by atoms with Crippen LogP contribution >= 0.6 is 0 Å². The maximum Gasteiger partial charge on any atom is 0.133 e. The van der Waals surface area contributed by atoms with Crippen molar-refractivity contribution in [3.63, 3.8) is 0 Å². The fraction of sp³-hybridized carbons (Fsp3) is 0. The van der Waals surface area contributed by atoms with Crippen molar-refractivity contribution in [2.24, 2.45) is 0 Å². The highest BCUT2D eigenvalue weighted by Gasteiger charge is 1.97. The van der Waals surface area contributed by atoms with Crippen LogP contribution in [-0.2, 0) is 0 Å². The first-order valence-corrected chi connectivity index (χ1v) is 3.28. The first kappa shape index (κ1) is 8.28. The average Bonchev–Trinajstić information content (AvgIpc) is 2.06. The Hall–Kier alpha value is -1.82. The van der Waals surface area contributed by atoms with Crippen molar-refractivity contribution < 1.29 is 9.50 Å². The van der Waals surface area contributed by atoms with Gasteiger partial charge in [0.1, 0.15) is 11.6 Å². The first-order valence-electron chi connectivity index (χ1n) is 3.28. The second kappa shape index (κ2) is 3.54. The molecule has 12 heavy (non-hydrogen) atoms. The Labute approximate surface area is 69.2 Å². The van der Waals surface area contributed by atoms with E-state index in [9.17, 15) is 4.39 Å². The van der Waals surface area contributed by atoms with Crippen LogP contribution in [0, 0.1) is 17.1 Å². The van der Waals surface area contributed by atoms with Gasteiger partial charge < -0.3 is 5.11 Å². The fourth-order valence-corrected chi connectivity index (χ4v) is 0.765. The van der Waals surface area contributed by atoms with E-state index < -0.39 is 0 Å².